The number of carbonyl (C=O) groups excluding carboxylic acids is 5. The molecule has 0 radical (unpaired) electrons. The highest BCUT2D eigenvalue weighted by molar-refractivity contribution is 6.39. The number of rotatable bonds is 9. The number of fused-ring (bicyclic) bond motifs is 3. The van der Waals surface area contributed by atoms with Gasteiger partial charge in [-0.1, -0.05) is 64.2 Å². The molecule has 3 heterocycles. The van der Waals surface area contributed by atoms with Gasteiger partial charge in [0.25, 0.3) is 11.7 Å². The van der Waals surface area contributed by atoms with Crippen LogP contribution in [0, 0.1) is 29.6 Å². The molecule has 1 aliphatic carbocycles. The number of allylic oxidation sites excluding steroid dienone is 6. The van der Waals surface area contributed by atoms with Crippen LogP contribution in [0.4, 0.5) is 0 Å². The molecule has 1 amide bonds. The van der Waals surface area contributed by atoms with Crippen LogP contribution in [-0.4, -0.2) is 145 Å². The lowest BCUT2D eigenvalue weighted by atomic mass is 9.81. The second-order valence-corrected chi connectivity index (χ2v) is 19.6. The van der Waals surface area contributed by atoms with Crippen molar-refractivity contribution in [2.75, 3.05) is 41.1 Å². The molecule has 15 nitrogen and oxygen atoms in total. The van der Waals surface area contributed by atoms with Gasteiger partial charge in [-0.15, -0.1) is 0 Å². The number of ketones is 3. The number of ether oxygens (including phenoxy) is 6. The van der Waals surface area contributed by atoms with Gasteiger partial charge in [0.2, 0.25) is 5.79 Å². The molecule has 0 aromatic rings. The minimum atomic E-state index is -2.43. The zero-order chi connectivity index (χ0) is 49.4. The number of esters is 1. The molecule has 0 spiro atoms. The number of hydrogen-bond donors (Lipinski definition) is 3. The Morgan fingerprint density at radius 3 is 2.25 bits per heavy atom. The lowest BCUT2D eigenvalue weighted by Crippen LogP contribution is -2.60. The van der Waals surface area contributed by atoms with Crippen LogP contribution in [0.25, 0.3) is 0 Å². The summed E-state index contributed by atoms with van der Waals surface area (Å²) >= 11 is 0. The molecule has 3 aliphatic heterocycles. The number of amides is 1. The van der Waals surface area contributed by atoms with E-state index in [1.807, 2.05) is 51.2 Å². The monoisotopic (exact) mass is 944 g/mol. The van der Waals surface area contributed by atoms with E-state index in [4.69, 9.17) is 28.4 Å². The van der Waals surface area contributed by atoms with E-state index in [2.05, 4.69) is 0 Å². The van der Waals surface area contributed by atoms with Gasteiger partial charge < -0.3 is 48.6 Å². The fourth-order valence-corrected chi connectivity index (χ4v) is 10.2. The average Bonchev–Trinajstić information content (AvgIpc) is 3.31. The third-order valence-corrected chi connectivity index (χ3v) is 14.5. The Bertz CT molecular complexity index is 1770. The maximum absolute atomic E-state index is 14.3. The first-order chi connectivity index (χ1) is 31.9. The molecule has 67 heavy (non-hydrogen) atoms. The number of cyclic esters (lactones) is 1. The van der Waals surface area contributed by atoms with Crippen LogP contribution in [0.15, 0.2) is 47.6 Å². The van der Waals surface area contributed by atoms with Gasteiger partial charge >= 0.3 is 5.97 Å². The zero-order valence-electron chi connectivity index (χ0n) is 41.6. The van der Waals surface area contributed by atoms with Crippen molar-refractivity contribution >= 4 is 29.2 Å². The van der Waals surface area contributed by atoms with Gasteiger partial charge in [0, 0.05) is 58.5 Å². The van der Waals surface area contributed by atoms with Crippen molar-refractivity contribution in [3.05, 3.63) is 47.6 Å². The number of aliphatic hydroxyl groups excluding tert-OH is 2. The van der Waals surface area contributed by atoms with Crippen LogP contribution < -0.4 is 0 Å². The van der Waals surface area contributed by atoms with Crippen molar-refractivity contribution in [1.29, 1.82) is 0 Å². The third kappa shape index (κ3) is 15.5. The van der Waals surface area contributed by atoms with Gasteiger partial charge in [-0.2, -0.15) is 0 Å². The highest BCUT2D eigenvalue weighted by atomic mass is 16.6. The minimum absolute atomic E-state index is 0.0182. The van der Waals surface area contributed by atoms with Gasteiger partial charge in [0.05, 0.1) is 37.6 Å². The van der Waals surface area contributed by atoms with Gasteiger partial charge in [-0.05, 0) is 107 Å². The molecule has 3 fully saturated rings. The molecule has 2 saturated heterocycles. The van der Waals surface area contributed by atoms with E-state index in [1.54, 1.807) is 41.1 Å². The molecule has 3 N–H and O–H groups in total. The summed E-state index contributed by atoms with van der Waals surface area (Å²) in [7, 11) is 4.58. The van der Waals surface area contributed by atoms with Crippen molar-refractivity contribution in [3.63, 3.8) is 0 Å². The molecule has 14 atom stereocenters. The second-order valence-electron chi connectivity index (χ2n) is 19.6. The van der Waals surface area contributed by atoms with Gasteiger partial charge in [0.15, 0.2) is 5.78 Å². The number of hydrogen-bond acceptors (Lipinski definition) is 14. The van der Waals surface area contributed by atoms with Crippen molar-refractivity contribution in [2.24, 2.45) is 29.6 Å². The van der Waals surface area contributed by atoms with Crippen molar-refractivity contribution in [2.45, 2.75) is 180 Å². The first-order valence-electron chi connectivity index (χ1n) is 24.6. The van der Waals surface area contributed by atoms with Crippen molar-refractivity contribution < 1.29 is 67.7 Å². The molecule has 378 valence electrons. The van der Waals surface area contributed by atoms with Crippen LogP contribution in [0.3, 0.4) is 0 Å². The van der Waals surface area contributed by atoms with Crippen LogP contribution >= 0.6 is 0 Å². The van der Waals surface area contributed by atoms with E-state index in [-0.39, 0.29) is 68.2 Å². The molecule has 0 aromatic carbocycles. The Labute approximate surface area is 398 Å². The first kappa shape index (κ1) is 56.2. The quantitative estimate of drug-likeness (QED) is 0.139. The summed E-state index contributed by atoms with van der Waals surface area (Å²) in [6, 6.07) is -1.13. The Morgan fingerprint density at radius 2 is 1.57 bits per heavy atom. The molecule has 0 aromatic heterocycles. The van der Waals surface area contributed by atoms with Crippen molar-refractivity contribution in [3.8, 4) is 0 Å². The van der Waals surface area contributed by atoms with Gasteiger partial charge in [-0.25, -0.2) is 4.79 Å². The van der Waals surface area contributed by atoms with Gasteiger partial charge in [0.1, 0.15) is 30.1 Å². The SMILES string of the molecule is CO[C@H]1C[C@@H]2CC[C@@H](C)[C@@](O)(O2)C(=O)C(=O)N2CCCC[C@H]2C(=O)OC(CC[C@@H]2CC[C@H](OCCO)[C@H](OC)C2)CC(=O)[C@H](C)/C=C(\C)[C@@H](O)[C@@H](OC)C(=O)[C@H](C)C[C@H](C)/C=C/C=CC=C1C. The molecule has 2 bridgehead atoms. The maximum atomic E-state index is 14.3. The third-order valence-electron chi connectivity index (χ3n) is 14.5. The van der Waals surface area contributed by atoms with E-state index in [0.717, 1.165) is 12.0 Å². The van der Waals surface area contributed by atoms with E-state index >= 15 is 0 Å². The number of nitrogens with zero attached hydrogens (tertiary/aromatic N) is 1. The molecular weight excluding hydrogens is 863 g/mol. The van der Waals surface area contributed by atoms with E-state index in [0.29, 0.717) is 69.8 Å². The topological polar surface area (TPSA) is 205 Å². The van der Waals surface area contributed by atoms with Crippen molar-refractivity contribution in [1.82, 2.24) is 4.90 Å². The summed E-state index contributed by atoms with van der Waals surface area (Å²) in [4.78, 5) is 71.7. The summed E-state index contributed by atoms with van der Waals surface area (Å²) < 4.78 is 35.3. The fraction of sp³-hybridized carbons (Fsp3) is 0.750. The molecule has 4 rings (SSSR count). The molecule has 1 saturated carbocycles. The number of Topliss-reactive ketones (excluding diaryl/α,β-unsaturated/α-hetero) is 3. The number of methoxy groups -OCH3 is 3. The van der Waals surface area contributed by atoms with E-state index in [1.165, 1.54) is 12.0 Å². The Balaban J connectivity index is 1.67. The predicted molar refractivity (Wildman–Crippen MR) is 251 cm³/mol. The largest absolute Gasteiger partial charge is 0.460 e. The Hall–Kier alpha value is -3.41. The minimum Gasteiger partial charge on any atom is -0.460 e. The highest BCUT2D eigenvalue weighted by Crippen LogP contribution is 2.37. The number of aliphatic hydroxyl groups is 3. The van der Waals surface area contributed by atoms with Crippen LogP contribution in [0.2, 0.25) is 0 Å². The van der Waals surface area contributed by atoms with Crippen LogP contribution in [0.5, 0.6) is 0 Å². The fourth-order valence-electron chi connectivity index (χ4n) is 10.2. The van der Waals surface area contributed by atoms with Crippen LogP contribution in [-0.2, 0) is 52.4 Å². The van der Waals surface area contributed by atoms with Gasteiger partial charge in [-0.3, -0.25) is 19.2 Å². The summed E-state index contributed by atoms with van der Waals surface area (Å²) in [5.41, 5.74) is 1.27. The maximum Gasteiger partial charge on any atom is 0.329 e. The predicted octanol–water partition coefficient (Wildman–Crippen LogP) is 5.95. The Kier molecular flexibility index (Phi) is 22.7. The average molecular weight is 944 g/mol. The smallest absolute Gasteiger partial charge is 0.329 e. The lowest BCUT2D eigenvalue weighted by Gasteiger charge is -2.42. The first-order valence-corrected chi connectivity index (χ1v) is 24.6. The summed E-state index contributed by atoms with van der Waals surface area (Å²) in [6.07, 6.45) is 12.4. The summed E-state index contributed by atoms with van der Waals surface area (Å²) in [5.74, 6) is -7.56. The highest BCUT2D eigenvalue weighted by Gasteiger charge is 2.53. The standard InChI is InChI=1S/C52H81NO14/c1-32-15-11-10-12-16-33(2)44(62-7)31-40-21-18-37(6)52(61,67-40)49(58)50(59)53-24-14-13-17-41(53)51(60)66-39(22-19-38-20-23-43(65-26-25-54)45(29-38)63-8)30-42(55)34(3)28-36(5)47(57)48(64-9)46(56)35(4)27-32/h10-12,15-16,28,32,34-35,37-41,43-45,47-48,54,57,61H,13-14,17-27,29-31H2,1-9H3/b12-10?,15-11+,33-16?,36-28+/t32-,34-,35-,37-,38-,39?,40+,41+,43+,44+,45-,47-,48+,52-/m1/s1. The lowest BCUT2D eigenvalue weighted by molar-refractivity contribution is -0.265. The summed E-state index contributed by atoms with van der Waals surface area (Å²) in [5, 5.41) is 32.7. The molecule has 4 aliphatic rings. The Morgan fingerprint density at radius 1 is 0.821 bits per heavy atom. The molecule has 1 unspecified atom stereocenters. The van der Waals surface area contributed by atoms with Crippen LogP contribution in [0.1, 0.15) is 125 Å². The molecule has 15 heteroatoms. The van der Waals surface area contributed by atoms with E-state index < -0.39 is 77.8 Å². The second kappa shape index (κ2) is 27.1. The van der Waals surface area contributed by atoms with E-state index in [9.17, 15) is 39.3 Å². The number of piperidine rings is 1. The zero-order valence-corrected chi connectivity index (χ0v) is 41.6. The normalized spacial score (nSPS) is 37.8. The number of carbonyl (C=O) groups is 5. The molecular formula is C52H81NO14. The summed E-state index contributed by atoms with van der Waals surface area (Å²) in [6.45, 7) is 10.9.